The van der Waals surface area contributed by atoms with Crippen molar-refractivity contribution in [2.75, 3.05) is 0 Å². The van der Waals surface area contributed by atoms with Gasteiger partial charge in [0.15, 0.2) is 17.3 Å². The quantitative estimate of drug-likeness (QED) is 0.301. The second-order valence-electron chi connectivity index (χ2n) is 7.62. The fourth-order valence-corrected chi connectivity index (χ4v) is 4.72. The van der Waals surface area contributed by atoms with Gasteiger partial charge in [-0.3, -0.25) is 0 Å². The molecule has 4 nitrogen and oxygen atoms in total. The highest BCUT2D eigenvalue weighted by atomic mass is 32.1. The van der Waals surface area contributed by atoms with Crippen LogP contribution in [0, 0.1) is 5.82 Å². The van der Waals surface area contributed by atoms with Gasteiger partial charge >= 0.3 is 5.97 Å². The van der Waals surface area contributed by atoms with Crippen molar-refractivity contribution in [3.05, 3.63) is 83.7 Å². The Morgan fingerprint density at radius 3 is 2.47 bits per heavy atom. The lowest BCUT2D eigenvalue weighted by molar-refractivity contribution is -0.131. The third-order valence-electron chi connectivity index (χ3n) is 5.08. The molecule has 1 aromatic heterocycles. The molecule has 0 amide bonds. The Kier molecular flexibility index (Phi) is 5.97. The van der Waals surface area contributed by atoms with Crippen molar-refractivity contribution in [1.29, 1.82) is 0 Å². The van der Waals surface area contributed by atoms with E-state index in [9.17, 15) is 14.3 Å². The van der Waals surface area contributed by atoms with Gasteiger partial charge in [0, 0.05) is 11.5 Å². The molecule has 1 heterocycles. The number of carboxylic acids is 1. The van der Waals surface area contributed by atoms with Crippen molar-refractivity contribution < 1.29 is 24.1 Å². The van der Waals surface area contributed by atoms with Gasteiger partial charge < -0.3 is 14.9 Å². The lowest BCUT2D eigenvalue weighted by atomic mass is 9.96. The third-order valence-corrected chi connectivity index (χ3v) is 6.29. The summed E-state index contributed by atoms with van der Waals surface area (Å²) < 4.78 is 21.3. The van der Waals surface area contributed by atoms with Crippen LogP contribution in [0.15, 0.2) is 66.7 Å². The molecule has 3 aromatic carbocycles. The predicted molar refractivity (Wildman–Crippen MR) is 126 cm³/mol. The number of hydrogen-bond acceptors (Lipinski definition) is 4. The molecule has 32 heavy (non-hydrogen) atoms. The summed E-state index contributed by atoms with van der Waals surface area (Å²) in [5.41, 5.74) is 2.79. The van der Waals surface area contributed by atoms with Crippen molar-refractivity contribution in [2.45, 2.75) is 19.8 Å². The number of carbonyl (C=O) groups is 1. The molecule has 0 saturated carbocycles. The number of rotatable bonds is 6. The number of phenolic OH excluding ortho intramolecular Hbond substituents is 1. The van der Waals surface area contributed by atoms with E-state index in [1.807, 2.05) is 24.3 Å². The van der Waals surface area contributed by atoms with E-state index in [-0.39, 0.29) is 5.92 Å². The molecule has 0 spiro atoms. The second kappa shape index (κ2) is 8.85. The van der Waals surface area contributed by atoms with Gasteiger partial charge in [-0.15, -0.1) is 11.3 Å². The van der Waals surface area contributed by atoms with Gasteiger partial charge in [-0.2, -0.15) is 0 Å². The van der Waals surface area contributed by atoms with Crippen LogP contribution in [-0.2, 0) is 4.79 Å². The molecule has 162 valence electrons. The molecule has 0 aliphatic heterocycles. The molecule has 2 N–H and O–H groups in total. The van der Waals surface area contributed by atoms with Crippen LogP contribution < -0.4 is 4.74 Å². The SMILES string of the molecule is CC(C)c1ccccc1-c1sc2c(F)c(O)ccc2c1Oc1ccc(/C=C/C(=O)O)cc1. The standard InChI is InChI=1S/C26H21FO4S/c1-15(2)18-5-3-4-6-19(18)26-24(20-12-13-21(28)23(27)25(20)32-26)31-17-10-7-16(8-11-17)9-14-22(29)30/h3-15,28H,1-2H3,(H,29,30)/b14-9+. The lowest BCUT2D eigenvalue weighted by Crippen LogP contribution is -1.92. The van der Waals surface area contributed by atoms with Crippen LogP contribution in [0.4, 0.5) is 4.39 Å². The van der Waals surface area contributed by atoms with Gasteiger partial charge in [0.05, 0.1) is 9.58 Å². The second-order valence-corrected chi connectivity index (χ2v) is 8.64. The maximum absolute atomic E-state index is 14.8. The lowest BCUT2D eigenvalue weighted by Gasteiger charge is -2.14. The van der Waals surface area contributed by atoms with E-state index in [1.165, 1.54) is 23.5 Å². The van der Waals surface area contributed by atoms with E-state index >= 15 is 0 Å². The normalized spacial score (nSPS) is 11.5. The van der Waals surface area contributed by atoms with Crippen LogP contribution in [0.5, 0.6) is 17.2 Å². The summed E-state index contributed by atoms with van der Waals surface area (Å²) in [5.74, 6) is -0.778. The minimum absolute atomic E-state index is 0.253. The van der Waals surface area contributed by atoms with E-state index in [1.54, 1.807) is 30.3 Å². The van der Waals surface area contributed by atoms with E-state index in [0.29, 0.717) is 21.6 Å². The fourth-order valence-electron chi connectivity index (χ4n) is 3.51. The molecule has 0 unspecified atom stereocenters. The number of aromatic hydroxyl groups is 1. The molecule has 4 rings (SSSR count). The third kappa shape index (κ3) is 4.22. The Labute approximate surface area is 188 Å². The largest absolute Gasteiger partial charge is 0.505 e. The van der Waals surface area contributed by atoms with Crippen molar-refractivity contribution in [3.63, 3.8) is 0 Å². The minimum Gasteiger partial charge on any atom is -0.505 e. The van der Waals surface area contributed by atoms with E-state index < -0.39 is 17.5 Å². The van der Waals surface area contributed by atoms with Gasteiger partial charge in [0.25, 0.3) is 0 Å². The maximum Gasteiger partial charge on any atom is 0.328 e. The van der Waals surface area contributed by atoms with Gasteiger partial charge in [0.2, 0.25) is 0 Å². The Hall–Kier alpha value is -3.64. The number of thiophene rings is 1. The molecule has 0 radical (unpaired) electrons. The first-order valence-electron chi connectivity index (χ1n) is 10.1. The number of benzene rings is 3. The topological polar surface area (TPSA) is 66.8 Å². The van der Waals surface area contributed by atoms with Gasteiger partial charge in [0.1, 0.15) is 5.75 Å². The summed E-state index contributed by atoms with van der Waals surface area (Å²) in [5, 5.41) is 19.2. The number of halogens is 1. The first kappa shape index (κ1) is 21.6. The van der Waals surface area contributed by atoms with Gasteiger partial charge in [-0.05, 0) is 52.9 Å². The molecule has 0 atom stereocenters. The molecule has 0 saturated heterocycles. The van der Waals surface area contributed by atoms with Crippen LogP contribution >= 0.6 is 11.3 Å². The predicted octanol–water partition coefficient (Wildman–Crippen LogP) is 7.43. The van der Waals surface area contributed by atoms with E-state index in [2.05, 4.69) is 13.8 Å². The zero-order valence-corrected chi connectivity index (χ0v) is 18.3. The molecular formula is C26H21FO4S. The molecule has 0 fully saturated rings. The number of hydrogen-bond donors (Lipinski definition) is 2. The number of phenols is 1. The monoisotopic (exact) mass is 448 g/mol. The first-order chi connectivity index (χ1) is 15.3. The average Bonchev–Trinajstić information content (AvgIpc) is 3.14. The fraction of sp³-hybridized carbons (Fsp3) is 0.115. The maximum atomic E-state index is 14.8. The smallest absolute Gasteiger partial charge is 0.328 e. The Morgan fingerprint density at radius 1 is 1.06 bits per heavy atom. The average molecular weight is 449 g/mol. The summed E-state index contributed by atoms with van der Waals surface area (Å²) in [4.78, 5) is 11.5. The van der Waals surface area contributed by atoms with Crippen molar-refractivity contribution in [3.8, 4) is 27.7 Å². The summed E-state index contributed by atoms with van der Waals surface area (Å²) in [7, 11) is 0. The zero-order valence-electron chi connectivity index (χ0n) is 17.5. The molecular weight excluding hydrogens is 427 g/mol. The highest BCUT2D eigenvalue weighted by Gasteiger charge is 2.22. The molecule has 6 heteroatoms. The number of carboxylic acid groups (broad SMARTS) is 1. The molecule has 0 aliphatic carbocycles. The number of fused-ring (bicyclic) bond motifs is 1. The van der Waals surface area contributed by atoms with Crippen molar-refractivity contribution in [2.24, 2.45) is 0 Å². The Balaban J connectivity index is 1.84. The van der Waals surface area contributed by atoms with E-state index in [4.69, 9.17) is 9.84 Å². The van der Waals surface area contributed by atoms with E-state index in [0.717, 1.165) is 27.6 Å². The van der Waals surface area contributed by atoms with Crippen LogP contribution in [0.25, 0.3) is 26.6 Å². The van der Waals surface area contributed by atoms with Crippen molar-refractivity contribution >= 4 is 33.5 Å². The zero-order chi connectivity index (χ0) is 22.8. The summed E-state index contributed by atoms with van der Waals surface area (Å²) >= 11 is 1.25. The Morgan fingerprint density at radius 2 is 1.78 bits per heavy atom. The molecule has 4 aromatic rings. The van der Waals surface area contributed by atoms with Crippen LogP contribution in [0.3, 0.4) is 0 Å². The first-order valence-corrected chi connectivity index (χ1v) is 10.9. The summed E-state index contributed by atoms with van der Waals surface area (Å²) in [6.45, 7) is 4.20. The van der Waals surface area contributed by atoms with Crippen molar-refractivity contribution in [1.82, 2.24) is 0 Å². The van der Waals surface area contributed by atoms with Crippen LogP contribution in [-0.4, -0.2) is 16.2 Å². The Bertz CT molecular complexity index is 1320. The summed E-state index contributed by atoms with van der Waals surface area (Å²) in [6, 6.07) is 17.9. The number of ether oxygens (including phenoxy) is 1. The van der Waals surface area contributed by atoms with Crippen LogP contribution in [0.2, 0.25) is 0 Å². The minimum atomic E-state index is -1.02. The molecule has 0 aliphatic rings. The highest BCUT2D eigenvalue weighted by Crippen LogP contribution is 2.49. The highest BCUT2D eigenvalue weighted by molar-refractivity contribution is 7.22. The van der Waals surface area contributed by atoms with Gasteiger partial charge in [-0.1, -0.05) is 50.2 Å². The number of aliphatic carboxylic acids is 1. The van der Waals surface area contributed by atoms with Crippen LogP contribution in [0.1, 0.15) is 30.9 Å². The summed E-state index contributed by atoms with van der Waals surface area (Å²) in [6.07, 6.45) is 2.56. The molecule has 0 bridgehead atoms. The van der Waals surface area contributed by atoms with Gasteiger partial charge in [-0.25, -0.2) is 9.18 Å².